The van der Waals surface area contributed by atoms with Crippen molar-refractivity contribution in [1.82, 2.24) is 9.13 Å². The zero-order valence-electron chi connectivity index (χ0n) is 25.2. The first-order valence-electron chi connectivity index (χ1n) is 14.6. The largest absolute Gasteiger partial charge is 0.493 e. The highest BCUT2D eigenvalue weighted by Crippen LogP contribution is 2.42. The summed E-state index contributed by atoms with van der Waals surface area (Å²) in [6, 6.07) is 22.3. The van der Waals surface area contributed by atoms with Gasteiger partial charge in [-0.3, -0.25) is 19.5 Å². The Kier molecular flexibility index (Phi) is 7.01. The summed E-state index contributed by atoms with van der Waals surface area (Å²) in [6.07, 6.45) is 3.58. The summed E-state index contributed by atoms with van der Waals surface area (Å²) in [5.74, 6) is 1.23. The Morgan fingerprint density at radius 1 is 0.978 bits per heavy atom. The second kappa shape index (κ2) is 11.0. The fourth-order valence-corrected chi connectivity index (χ4v) is 7.53. The first kappa shape index (κ1) is 28.5. The first-order valence-corrected chi connectivity index (χ1v) is 15.4. The third-order valence-electron chi connectivity index (χ3n) is 8.67. The van der Waals surface area contributed by atoms with Gasteiger partial charge < -0.3 is 14.0 Å². The van der Waals surface area contributed by atoms with Gasteiger partial charge in [-0.05, 0) is 85.4 Å². The molecule has 0 saturated heterocycles. The minimum Gasteiger partial charge on any atom is -0.493 e. The molecule has 1 aliphatic carbocycles. The molecule has 5 aromatic rings. The van der Waals surface area contributed by atoms with Crippen molar-refractivity contribution in [3.05, 3.63) is 142 Å². The summed E-state index contributed by atoms with van der Waals surface area (Å²) in [6.45, 7) is 3.97. The van der Waals surface area contributed by atoms with Crippen LogP contribution in [0.4, 0.5) is 5.69 Å². The lowest BCUT2D eigenvalue weighted by atomic mass is 9.83. The Morgan fingerprint density at radius 3 is 2.47 bits per heavy atom. The molecule has 2 aliphatic rings. The number of fused-ring (bicyclic) bond motifs is 3. The molecule has 1 atom stereocenters. The monoisotopic (exact) mass is 618 g/mol. The maximum absolute atomic E-state index is 14.3. The fraction of sp³-hybridized carbons (Fsp3) is 0.200. The summed E-state index contributed by atoms with van der Waals surface area (Å²) in [5, 5.41) is 11.2. The van der Waals surface area contributed by atoms with Gasteiger partial charge in [0, 0.05) is 34.8 Å². The highest BCUT2D eigenvalue weighted by atomic mass is 32.1. The van der Waals surface area contributed by atoms with Crippen LogP contribution in [0, 0.1) is 24.0 Å². The molecule has 0 unspecified atom stereocenters. The van der Waals surface area contributed by atoms with E-state index in [1.165, 1.54) is 29.0 Å². The smallest absolute Gasteiger partial charge is 0.271 e. The Morgan fingerprint density at radius 2 is 1.73 bits per heavy atom. The van der Waals surface area contributed by atoms with Crippen LogP contribution in [-0.4, -0.2) is 28.3 Å². The molecule has 226 valence electrons. The van der Waals surface area contributed by atoms with Crippen molar-refractivity contribution in [2.75, 3.05) is 14.2 Å². The van der Waals surface area contributed by atoms with E-state index in [0.717, 1.165) is 57.9 Å². The van der Waals surface area contributed by atoms with Crippen LogP contribution in [-0.2, 0) is 6.42 Å². The third-order valence-corrected chi connectivity index (χ3v) is 9.65. The highest BCUT2D eigenvalue weighted by Gasteiger charge is 2.33. The SMILES string of the molecule is COc1ccc([C@H]2C3=C(N=c4s/c(=C/c5cc(C)n(-c6ccc([N+](=O)[O-])cc6)c5C)c(=O)n42)c2ccccc2CC3)cc1OC. The Balaban J connectivity index is 1.41. The van der Waals surface area contributed by atoms with Crippen LogP contribution in [0.5, 0.6) is 11.5 Å². The maximum atomic E-state index is 14.3. The molecule has 0 saturated carbocycles. The van der Waals surface area contributed by atoms with Crippen LogP contribution < -0.4 is 24.4 Å². The Labute approximate surface area is 262 Å². The fourth-order valence-electron chi connectivity index (χ4n) is 6.54. The highest BCUT2D eigenvalue weighted by molar-refractivity contribution is 7.07. The van der Waals surface area contributed by atoms with Crippen LogP contribution >= 0.6 is 11.3 Å². The number of allylic oxidation sites excluding steroid dienone is 1. The maximum Gasteiger partial charge on any atom is 0.271 e. The molecule has 2 aromatic heterocycles. The van der Waals surface area contributed by atoms with Gasteiger partial charge in [-0.2, -0.15) is 0 Å². The van der Waals surface area contributed by atoms with Gasteiger partial charge in [0.2, 0.25) is 0 Å². The van der Waals surface area contributed by atoms with Gasteiger partial charge in [-0.15, -0.1) is 0 Å². The topological polar surface area (TPSA) is 101 Å². The van der Waals surface area contributed by atoms with Crippen molar-refractivity contribution < 1.29 is 14.4 Å². The molecule has 0 bridgehead atoms. The quantitative estimate of drug-likeness (QED) is 0.181. The van der Waals surface area contributed by atoms with Gasteiger partial charge in [-0.25, -0.2) is 4.99 Å². The van der Waals surface area contributed by atoms with Crippen molar-refractivity contribution in [2.45, 2.75) is 32.7 Å². The number of rotatable bonds is 6. The van der Waals surface area contributed by atoms with E-state index in [-0.39, 0.29) is 17.3 Å². The zero-order valence-corrected chi connectivity index (χ0v) is 26.1. The van der Waals surface area contributed by atoms with Crippen molar-refractivity contribution in [1.29, 1.82) is 0 Å². The normalized spacial score (nSPS) is 15.6. The third kappa shape index (κ3) is 4.69. The van der Waals surface area contributed by atoms with Gasteiger partial charge in [0.05, 0.1) is 35.4 Å². The van der Waals surface area contributed by atoms with E-state index in [2.05, 4.69) is 18.2 Å². The lowest BCUT2D eigenvalue weighted by Gasteiger charge is -2.31. The van der Waals surface area contributed by atoms with Crippen molar-refractivity contribution in [3.8, 4) is 17.2 Å². The van der Waals surface area contributed by atoms with Crippen molar-refractivity contribution in [2.24, 2.45) is 4.99 Å². The predicted octanol–water partition coefficient (Wildman–Crippen LogP) is 5.65. The number of aromatic nitrogens is 2. The molecule has 10 heteroatoms. The number of ether oxygens (including phenoxy) is 2. The molecule has 3 aromatic carbocycles. The molecule has 3 heterocycles. The Bertz CT molecular complexity index is 2220. The van der Waals surface area contributed by atoms with E-state index in [1.807, 2.05) is 59.4 Å². The van der Waals surface area contributed by atoms with Crippen molar-refractivity contribution >= 4 is 28.8 Å². The van der Waals surface area contributed by atoms with Crippen molar-refractivity contribution in [3.63, 3.8) is 0 Å². The van der Waals surface area contributed by atoms with Crippen LogP contribution in [0.15, 0.2) is 88.2 Å². The molecule has 9 nitrogen and oxygen atoms in total. The van der Waals surface area contributed by atoms with Crippen LogP contribution in [0.25, 0.3) is 17.5 Å². The summed E-state index contributed by atoms with van der Waals surface area (Å²) >= 11 is 1.38. The van der Waals surface area contributed by atoms with E-state index in [0.29, 0.717) is 20.8 Å². The average molecular weight is 619 g/mol. The number of aryl methyl sites for hydroxylation is 2. The van der Waals surface area contributed by atoms with Crippen LogP contribution in [0.3, 0.4) is 0 Å². The van der Waals surface area contributed by atoms with E-state index < -0.39 is 4.92 Å². The van der Waals surface area contributed by atoms with Gasteiger partial charge >= 0.3 is 0 Å². The first-order chi connectivity index (χ1) is 21.8. The molecule has 0 radical (unpaired) electrons. The minimum atomic E-state index is -0.407. The standard InChI is InChI=1S/C35H30N4O5S/c1-20-17-24(21(2)37(20)25-11-13-26(14-12-25)39(41)42)19-31-34(40)38-33(23-10-16-29(43-3)30(18-23)44-4)28-15-9-22-7-5-6-8-27(22)32(28)36-35(38)45-31/h5-8,10-14,16-19,33H,9,15H2,1-4H3/b31-19+/t33-/m0/s1. The summed E-state index contributed by atoms with van der Waals surface area (Å²) in [4.78, 5) is 30.8. The lowest BCUT2D eigenvalue weighted by molar-refractivity contribution is -0.384. The number of nitro groups is 1. The molecule has 0 N–H and O–H groups in total. The molecule has 7 rings (SSSR count). The number of nitrogens with zero attached hydrogens (tertiary/aromatic N) is 4. The number of benzene rings is 3. The number of hydrogen-bond donors (Lipinski definition) is 0. The lowest BCUT2D eigenvalue weighted by Crippen LogP contribution is -2.38. The average Bonchev–Trinajstić information content (AvgIpc) is 3.52. The molecule has 45 heavy (non-hydrogen) atoms. The molecule has 0 amide bonds. The Hall–Kier alpha value is -5.22. The summed E-state index contributed by atoms with van der Waals surface area (Å²) < 4.78 is 15.6. The summed E-state index contributed by atoms with van der Waals surface area (Å²) in [5.41, 5.74) is 8.85. The number of thiazole rings is 1. The molecule has 0 fully saturated rings. The number of methoxy groups -OCH3 is 2. The zero-order chi connectivity index (χ0) is 31.4. The van der Waals surface area contributed by atoms with Crippen LogP contribution in [0.1, 0.15) is 46.1 Å². The van der Waals surface area contributed by atoms with Gasteiger partial charge in [0.25, 0.3) is 11.2 Å². The molecule has 1 aliphatic heterocycles. The summed E-state index contributed by atoms with van der Waals surface area (Å²) in [7, 11) is 3.22. The predicted molar refractivity (Wildman–Crippen MR) is 174 cm³/mol. The minimum absolute atomic E-state index is 0.0388. The molecular formula is C35H30N4O5S. The van der Waals surface area contributed by atoms with Crippen LogP contribution in [0.2, 0.25) is 0 Å². The van der Waals surface area contributed by atoms with E-state index in [1.54, 1.807) is 26.4 Å². The second-order valence-electron chi connectivity index (χ2n) is 11.2. The van der Waals surface area contributed by atoms with Gasteiger partial charge in [0.1, 0.15) is 0 Å². The number of non-ortho nitro benzene ring substituents is 1. The number of hydrogen-bond acceptors (Lipinski definition) is 7. The van der Waals surface area contributed by atoms with E-state index in [4.69, 9.17) is 14.5 Å². The van der Waals surface area contributed by atoms with E-state index in [9.17, 15) is 14.9 Å². The number of nitro benzene ring substituents is 1. The van der Waals surface area contributed by atoms with E-state index >= 15 is 0 Å². The second-order valence-corrected chi connectivity index (χ2v) is 12.2. The van der Waals surface area contributed by atoms with Gasteiger partial charge in [-0.1, -0.05) is 41.7 Å². The molecular weight excluding hydrogens is 588 g/mol. The van der Waals surface area contributed by atoms with Gasteiger partial charge in [0.15, 0.2) is 16.3 Å². The molecule has 0 spiro atoms.